The van der Waals surface area contributed by atoms with Crippen molar-refractivity contribution < 1.29 is 5.11 Å². The van der Waals surface area contributed by atoms with Crippen LogP contribution in [0, 0.1) is 0 Å². The number of anilines is 1. The van der Waals surface area contributed by atoms with Gasteiger partial charge in [-0.15, -0.1) is 0 Å². The molecule has 12 heavy (non-hydrogen) atoms. The summed E-state index contributed by atoms with van der Waals surface area (Å²) in [5.41, 5.74) is 7.06. The average Bonchev–Trinajstić information content (AvgIpc) is 1.95. The predicted octanol–water partition coefficient (Wildman–Crippen LogP) is 2.09. The second kappa shape index (κ2) is 5.01. The number of aliphatic hydroxyl groups excluding tert-OH is 1. The van der Waals surface area contributed by atoms with Crippen molar-refractivity contribution >= 4 is 17.3 Å². The molecule has 68 valence electrons. The number of hydrogen-bond acceptors (Lipinski definition) is 2. The van der Waals surface area contributed by atoms with E-state index in [1.54, 1.807) is 12.1 Å². The second-order valence-corrected chi connectivity index (χ2v) is 2.73. The smallest absolute Gasteiger partial charge is 0.0471 e. The normalized spacial score (nSPS) is 9.17. The molecule has 0 spiro atoms. The van der Waals surface area contributed by atoms with Crippen molar-refractivity contribution in [2.45, 2.75) is 13.8 Å². The maximum Gasteiger partial charge on any atom is 0.0471 e. The van der Waals surface area contributed by atoms with Gasteiger partial charge in [0.2, 0.25) is 0 Å². The van der Waals surface area contributed by atoms with E-state index in [1.807, 2.05) is 6.07 Å². The average molecular weight is 188 g/mol. The minimum atomic E-state index is 0. The van der Waals surface area contributed by atoms with E-state index in [2.05, 4.69) is 0 Å². The molecule has 0 saturated carbocycles. The van der Waals surface area contributed by atoms with E-state index < -0.39 is 0 Å². The quantitative estimate of drug-likeness (QED) is 0.697. The van der Waals surface area contributed by atoms with Crippen LogP contribution in [0.25, 0.3) is 0 Å². The SMILES string of the molecule is C.Nc1ccc(CCO)c(Cl)c1. The molecule has 0 aliphatic rings. The molecule has 0 aliphatic carbocycles. The molecule has 0 amide bonds. The fourth-order valence-corrected chi connectivity index (χ4v) is 1.17. The molecule has 1 aromatic rings. The van der Waals surface area contributed by atoms with Crippen LogP contribution >= 0.6 is 11.6 Å². The van der Waals surface area contributed by atoms with Gasteiger partial charge in [0.05, 0.1) is 0 Å². The number of rotatable bonds is 2. The summed E-state index contributed by atoms with van der Waals surface area (Å²) in [6.07, 6.45) is 0.582. The zero-order valence-corrected chi connectivity index (χ0v) is 6.80. The third-order valence-electron chi connectivity index (χ3n) is 1.46. The van der Waals surface area contributed by atoms with Crippen LogP contribution in [-0.4, -0.2) is 11.7 Å². The summed E-state index contributed by atoms with van der Waals surface area (Å²) in [5, 5.41) is 9.25. The van der Waals surface area contributed by atoms with Gasteiger partial charge in [-0.1, -0.05) is 25.1 Å². The first-order valence-electron chi connectivity index (χ1n) is 3.39. The van der Waals surface area contributed by atoms with Gasteiger partial charge < -0.3 is 10.8 Å². The highest BCUT2D eigenvalue weighted by Gasteiger charge is 1.98. The molecule has 0 saturated heterocycles. The van der Waals surface area contributed by atoms with Gasteiger partial charge in [0.25, 0.3) is 0 Å². The second-order valence-electron chi connectivity index (χ2n) is 2.32. The molecule has 0 atom stereocenters. The van der Waals surface area contributed by atoms with E-state index >= 15 is 0 Å². The first-order chi connectivity index (χ1) is 5.24. The topological polar surface area (TPSA) is 46.2 Å². The first kappa shape index (κ1) is 11.3. The molecule has 0 heterocycles. The van der Waals surface area contributed by atoms with Gasteiger partial charge in [0.1, 0.15) is 0 Å². The van der Waals surface area contributed by atoms with Gasteiger partial charge in [0, 0.05) is 17.3 Å². The van der Waals surface area contributed by atoms with Crippen LogP contribution in [0.1, 0.15) is 13.0 Å². The summed E-state index contributed by atoms with van der Waals surface area (Å²) in [6.45, 7) is 0.115. The highest BCUT2D eigenvalue weighted by Crippen LogP contribution is 2.19. The number of benzene rings is 1. The summed E-state index contributed by atoms with van der Waals surface area (Å²) < 4.78 is 0. The number of hydrogen-bond donors (Lipinski definition) is 2. The van der Waals surface area contributed by atoms with Crippen molar-refractivity contribution in [1.29, 1.82) is 0 Å². The van der Waals surface area contributed by atoms with E-state index in [0.717, 1.165) is 5.56 Å². The van der Waals surface area contributed by atoms with Crippen LogP contribution in [0.2, 0.25) is 5.02 Å². The minimum Gasteiger partial charge on any atom is -0.399 e. The molecule has 0 fully saturated rings. The molecule has 0 aromatic heterocycles. The number of aliphatic hydroxyl groups is 1. The van der Waals surface area contributed by atoms with E-state index in [9.17, 15) is 0 Å². The van der Waals surface area contributed by atoms with Gasteiger partial charge in [0.15, 0.2) is 0 Å². The van der Waals surface area contributed by atoms with Crippen molar-refractivity contribution in [3.05, 3.63) is 28.8 Å². The van der Waals surface area contributed by atoms with E-state index in [4.69, 9.17) is 22.4 Å². The Morgan fingerprint density at radius 1 is 1.42 bits per heavy atom. The third-order valence-corrected chi connectivity index (χ3v) is 1.81. The molecule has 0 radical (unpaired) electrons. The Balaban J connectivity index is 0.00000121. The van der Waals surface area contributed by atoms with Gasteiger partial charge in [-0.05, 0) is 24.1 Å². The van der Waals surface area contributed by atoms with E-state index in [1.165, 1.54) is 0 Å². The first-order valence-corrected chi connectivity index (χ1v) is 3.76. The molecule has 3 heteroatoms. The summed E-state index contributed by atoms with van der Waals surface area (Å²) in [4.78, 5) is 0. The zero-order chi connectivity index (χ0) is 8.27. The molecule has 2 nitrogen and oxygen atoms in total. The maximum absolute atomic E-state index is 8.62. The van der Waals surface area contributed by atoms with Crippen LogP contribution in [0.4, 0.5) is 5.69 Å². The molecule has 0 bridgehead atoms. The van der Waals surface area contributed by atoms with Gasteiger partial charge in [-0.3, -0.25) is 0 Å². The summed E-state index contributed by atoms with van der Waals surface area (Å²) in [6, 6.07) is 5.29. The van der Waals surface area contributed by atoms with E-state index in [0.29, 0.717) is 17.1 Å². The van der Waals surface area contributed by atoms with Crippen molar-refractivity contribution in [3.8, 4) is 0 Å². The third kappa shape index (κ3) is 2.72. The largest absolute Gasteiger partial charge is 0.399 e. The maximum atomic E-state index is 8.62. The minimum absolute atomic E-state index is 0. The summed E-state index contributed by atoms with van der Waals surface area (Å²) in [5.74, 6) is 0. The highest BCUT2D eigenvalue weighted by molar-refractivity contribution is 6.31. The molecule has 0 aliphatic heterocycles. The van der Waals surface area contributed by atoms with Gasteiger partial charge in [-0.25, -0.2) is 0 Å². The highest BCUT2D eigenvalue weighted by atomic mass is 35.5. The van der Waals surface area contributed by atoms with Crippen molar-refractivity contribution in [2.24, 2.45) is 0 Å². The fourth-order valence-electron chi connectivity index (χ4n) is 0.887. The lowest BCUT2D eigenvalue weighted by atomic mass is 10.1. The van der Waals surface area contributed by atoms with Crippen LogP contribution in [0.5, 0.6) is 0 Å². The number of halogens is 1. The van der Waals surface area contributed by atoms with Crippen LogP contribution in [0.15, 0.2) is 18.2 Å². The molecule has 1 aromatic carbocycles. The number of nitrogen functional groups attached to an aromatic ring is 1. The van der Waals surface area contributed by atoms with Crippen LogP contribution in [0.3, 0.4) is 0 Å². The van der Waals surface area contributed by atoms with E-state index in [-0.39, 0.29) is 14.0 Å². The Hall–Kier alpha value is -0.730. The summed E-state index contributed by atoms with van der Waals surface area (Å²) in [7, 11) is 0. The standard InChI is InChI=1S/C8H10ClNO.CH4/c9-8-5-7(10)2-1-6(8)3-4-11;/h1-2,5,11H,3-4,10H2;1H4. The van der Waals surface area contributed by atoms with Crippen molar-refractivity contribution in [1.82, 2.24) is 0 Å². The fraction of sp³-hybridized carbons (Fsp3) is 0.333. The Morgan fingerprint density at radius 3 is 2.58 bits per heavy atom. The van der Waals surface area contributed by atoms with Crippen molar-refractivity contribution in [2.75, 3.05) is 12.3 Å². The molecule has 1 rings (SSSR count). The lowest BCUT2D eigenvalue weighted by Gasteiger charge is -2.01. The predicted molar refractivity (Wildman–Crippen MR) is 53.4 cm³/mol. The lowest BCUT2D eigenvalue weighted by molar-refractivity contribution is 0.299. The molecule has 3 N–H and O–H groups in total. The van der Waals surface area contributed by atoms with Crippen molar-refractivity contribution in [3.63, 3.8) is 0 Å². The molecular formula is C9H14ClNO. The number of nitrogens with two attached hydrogens (primary N) is 1. The zero-order valence-electron chi connectivity index (χ0n) is 6.05. The molecule has 0 unspecified atom stereocenters. The van der Waals surface area contributed by atoms with Gasteiger partial charge in [-0.2, -0.15) is 0 Å². The Morgan fingerprint density at radius 2 is 2.08 bits per heavy atom. The Labute approximate surface area is 78.0 Å². The Kier molecular flexibility index (Phi) is 4.71. The molecular weight excluding hydrogens is 174 g/mol. The Bertz CT molecular complexity index is 250. The van der Waals surface area contributed by atoms with Gasteiger partial charge >= 0.3 is 0 Å². The lowest BCUT2D eigenvalue weighted by Crippen LogP contribution is -1.93. The van der Waals surface area contributed by atoms with Crippen LogP contribution < -0.4 is 5.73 Å². The summed E-state index contributed by atoms with van der Waals surface area (Å²) >= 11 is 5.82. The monoisotopic (exact) mass is 187 g/mol. The van der Waals surface area contributed by atoms with Crippen LogP contribution in [-0.2, 0) is 6.42 Å².